The highest BCUT2D eigenvalue weighted by Gasteiger charge is 2.37. The third kappa shape index (κ3) is 4.74. The van der Waals surface area contributed by atoms with Crippen molar-refractivity contribution >= 4 is 17.5 Å². The number of hydrogen-bond donors (Lipinski definition) is 1. The van der Waals surface area contributed by atoms with Crippen molar-refractivity contribution in [3.05, 3.63) is 40.8 Å². The van der Waals surface area contributed by atoms with Gasteiger partial charge in [0.05, 0.1) is 17.8 Å². The molecule has 1 aliphatic carbocycles. The van der Waals surface area contributed by atoms with Crippen molar-refractivity contribution < 1.29 is 4.79 Å². The molecule has 32 heavy (non-hydrogen) atoms. The molecule has 3 atom stereocenters. The zero-order chi connectivity index (χ0) is 22.8. The van der Waals surface area contributed by atoms with Gasteiger partial charge in [-0.05, 0) is 42.9 Å². The molecular formula is C26H37ClN4O. The van der Waals surface area contributed by atoms with Crippen LogP contribution in [-0.4, -0.2) is 32.9 Å². The lowest BCUT2D eigenvalue weighted by atomic mass is 9.83. The van der Waals surface area contributed by atoms with E-state index in [2.05, 4.69) is 30.7 Å². The van der Waals surface area contributed by atoms with Gasteiger partial charge >= 0.3 is 0 Å². The zero-order valence-electron chi connectivity index (χ0n) is 19.7. The number of rotatable bonds is 6. The molecule has 0 unspecified atom stereocenters. The van der Waals surface area contributed by atoms with Gasteiger partial charge in [-0.1, -0.05) is 70.0 Å². The van der Waals surface area contributed by atoms with Gasteiger partial charge in [-0.25, -0.2) is 4.98 Å². The Morgan fingerprint density at radius 3 is 2.69 bits per heavy atom. The predicted octanol–water partition coefficient (Wildman–Crippen LogP) is 5.74. The summed E-state index contributed by atoms with van der Waals surface area (Å²) in [6.45, 7) is 7.65. The zero-order valence-corrected chi connectivity index (χ0v) is 20.4. The number of carbonyl (C=O) groups excluding carboxylic acids is 1. The van der Waals surface area contributed by atoms with Crippen molar-refractivity contribution in [2.45, 2.75) is 84.3 Å². The van der Waals surface area contributed by atoms with Gasteiger partial charge in [0.2, 0.25) is 5.91 Å². The molecule has 1 saturated carbocycles. The largest absolute Gasteiger partial charge is 0.331 e. The maximum Gasteiger partial charge on any atom is 0.240 e. The molecule has 0 spiro atoms. The second kappa shape index (κ2) is 9.96. The Kier molecular flexibility index (Phi) is 7.26. The molecule has 1 aliphatic heterocycles. The van der Waals surface area contributed by atoms with E-state index in [9.17, 15) is 4.79 Å². The number of aryl methyl sites for hydroxylation is 1. The molecule has 5 nitrogen and oxygen atoms in total. The molecule has 1 amide bonds. The second-order valence-corrected chi connectivity index (χ2v) is 10.2. The molecule has 4 rings (SSSR count). The minimum Gasteiger partial charge on any atom is -0.331 e. The third-order valence-electron chi connectivity index (χ3n) is 7.62. The van der Waals surface area contributed by atoms with Gasteiger partial charge in [0, 0.05) is 29.9 Å². The molecule has 2 heterocycles. The summed E-state index contributed by atoms with van der Waals surface area (Å²) in [5.74, 6) is 1.91. The molecule has 6 heteroatoms. The Morgan fingerprint density at radius 1 is 1.25 bits per heavy atom. The highest BCUT2D eigenvalue weighted by Crippen LogP contribution is 2.38. The molecule has 0 radical (unpaired) electrons. The molecular weight excluding hydrogens is 420 g/mol. The number of benzene rings is 1. The van der Waals surface area contributed by atoms with Crippen LogP contribution in [0, 0.1) is 18.8 Å². The van der Waals surface area contributed by atoms with E-state index in [1.54, 1.807) is 0 Å². The van der Waals surface area contributed by atoms with Crippen molar-refractivity contribution in [3.8, 4) is 11.3 Å². The van der Waals surface area contributed by atoms with Crippen LogP contribution in [0.2, 0.25) is 5.02 Å². The quantitative estimate of drug-likeness (QED) is 0.602. The highest BCUT2D eigenvalue weighted by molar-refractivity contribution is 6.31. The number of fused-ring (bicyclic) bond motifs is 1. The van der Waals surface area contributed by atoms with Gasteiger partial charge in [-0.2, -0.15) is 0 Å². The molecule has 174 valence electrons. The summed E-state index contributed by atoms with van der Waals surface area (Å²) in [7, 11) is 0. The van der Waals surface area contributed by atoms with Crippen molar-refractivity contribution in [2.75, 3.05) is 6.54 Å². The second-order valence-electron chi connectivity index (χ2n) is 9.84. The smallest absolute Gasteiger partial charge is 0.240 e. The lowest BCUT2D eigenvalue weighted by Gasteiger charge is -2.40. The van der Waals surface area contributed by atoms with Gasteiger partial charge in [-0.3, -0.25) is 4.79 Å². The molecule has 1 fully saturated rings. The molecule has 0 bridgehead atoms. The predicted molar refractivity (Wildman–Crippen MR) is 130 cm³/mol. The van der Waals surface area contributed by atoms with Crippen LogP contribution >= 0.6 is 11.6 Å². The van der Waals surface area contributed by atoms with Gasteiger partial charge in [0.1, 0.15) is 5.82 Å². The summed E-state index contributed by atoms with van der Waals surface area (Å²) in [6.07, 6.45) is 10.4. The molecule has 1 aromatic heterocycles. The first-order valence-electron chi connectivity index (χ1n) is 12.3. The lowest BCUT2D eigenvalue weighted by Crippen LogP contribution is -2.51. The minimum absolute atomic E-state index is 0.00315. The van der Waals surface area contributed by atoms with Crippen LogP contribution in [0.5, 0.6) is 0 Å². The Balaban J connectivity index is 1.67. The number of imidazole rings is 1. The van der Waals surface area contributed by atoms with E-state index in [0.717, 1.165) is 47.1 Å². The number of hydrogen-bond acceptors (Lipinski definition) is 3. The summed E-state index contributed by atoms with van der Waals surface area (Å²) in [5, 5.41) is 0.767. The fourth-order valence-corrected chi connectivity index (χ4v) is 5.37. The van der Waals surface area contributed by atoms with Crippen LogP contribution < -0.4 is 5.73 Å². The number of nitrogens with zero attached hydrogens (tertiary/aromatic N) is 3. The van der Waals surface area contributed by atoms with E-state index in [4.69, 9.17) is 22.3 Å². The Labute approximate surface area is 197 Å². The maximum atomic E-state index is 13.5. The first kappa shape index (κ1) is 23.3. The number of aromatic nitrogens is 2. The number of halogens is 1. The SMILES string of the molecule is CC[C@H](C)[C@H](N)C(=O)N1CCn2cc(-c3ccc(Cl)c(C)c3)nc2[C@@H]1CC1CCCCC1. The maximum absolute atomic E-state index is 13.5. The van der Waals surface area contributed by atoms with Gasteiger partial charge in [0.15, 0.2) is 0 Å². The molecule has 2 aliphatic rings. The minimum atomic E-state index is -0.450. The summed E-state index contributed by atoms with van der Waals surface area (Å²) >= 11 is 6.24. The van der Waals surface area contributed by atoms with E-state index in [1.807, 2.05) is 24.0 Å². The number of carbonyl (C=O) groups is 1. The third-order valence-corrected chi connectivity index (χ3v) is 8.05. The molecule has 0 saturated heterocycles. The van der Waals surface area contributed by atoms with E-state index < -0.39 is 6.04 Å². The topological polar surface area (TPSA) is 64.2 Å². The van der Waals surface area contributed by atoms with E-state index in [-0.39, 0.29) is 17.9 Å². The fraction of sp³-hybridized carbons (Fsp3) is 0.615. The van der Waals surface area contributed by atoms with Crippen molar-refractivity contribution in [1.29, 1.82) is 0 Å². The first-order valence-corrected chi connectivity index (χ1v) is 12.7. The van der Waals surface area contributed by atoms with Gasteiger partial charge < -0.3 is 15.2 Å². The Hall–Kier alpha value is -1.85. The average molecular weight is 457 g/mol. The lowest BCUT2D eigenvalue weighted by molar-refractivity contribution is -0.138. The van der Waals surface area contributed by atoms with Crippen LogP contribution in [0.4, 0.5) is 0 Å². The summed E-state index contributed by atoms with van der Waals surface area (Å²) in [5.41, 5.74) is 9.48. The summed E-state index contributed by atoms with van der Waals surface area (Å²) < 4.78 is 2.26. The number of amides is 1. The van der Waals surface area contributed by atoms with Crippen LogP contribution in [0.25, 0.3) is 11.3 Å². The molecule has 2 aromatic rings. The van der Waals surface area contributed by atoms with Crippen molar-refractivity contribution in [1.82, 2.24) is 14.5 Å². The molecule has 1 aromatic carbocycles. The van der Waals surface area contributed by atoms with E-state index in [1.165, 1.54) is 32.1 Å². The van der Waals surface area contributed by atoms with Crippen LogP contribution in [0.3, 0.4) is 0 Å². The normalized spacial score (nSPS) is 21.3. The van der Waals surface area contributed by atoms with Gasteiger partial charge in [-0.15, -0.1) is 0 Å². The summed E-state index contributed by atoms with van der Waals surface area (Å²) in [4.78, 5) is 20.6. The van der Waals surface area contributed by atoms with E-state index in [0.29, 0.717) is 12.5 Å². The van der Waals surface area contributed by atoms with Gasteiger partial charge in [0.25, 0.3) is 0 Å². The summed E-state index contributed by atoms with van der Waals surface area (Å²) in [6, 6.07) is 5.60. The Morgan fingerprint density at radius 2 is 2.00 bits per heavy atom. The monoisotopic (exact) mass is 456 g/mol. The first-order chi connectivity index (χ1) is 15.4. The standard InChI is InChI=1S/C26H37ClN4O/c1-4-17(2)24(28)26(32)31-13-12-30-16-22(20-10-11-21(27)18(3)14-20)29-25(30)23(31)15-19-8-6-5-7-9-19/h10-11,14,16-17,19,23-24H,4-9,12-13,15,28H2,1-3H3/t17-,23-,24-/m0/s1. The average Bonchev–Trinajstić information content (AvgIpc) is 3.25. The van der Waals surface area contributed by atoms with Crippen LogP contribution in [0.15, 0.2) is 24.4 Å². The van der Waals surface area contributed by atoms with Crippen LogP contribution in [-0.2, 0) is 11.3 Å². The number of nitrogens with two attached hydrogens (primary N) is 1. The highest BCUT2D eigenvalue weighted by atomic mass is 35.5. The Bertz CT molecular complexity index is 949. The van der Waals surface area contributed by atoms with Crippen molar-refractivity contribution in [3.63, 3.8) is 0 Å². The van der Waals surface area contributed by atoms with Crippen LogP contribution in [0.1, 0.15) is 76.2 Å². The van der Waals surface area contributed by atoms with Crippen molar-refractivity contribution in [2.24, 2.45) is 17.6 Å². The fourth-order valence-electron chi connectivity index (χ4n) is 5.25. The molecule has 2 N–H and O–H groups in total. The van der Waals surface area contributed by atoms with E-state index >= 15 is 0 Å².